The molecule has 2 fully saturated rings. The summed E-state index contributed by atoms with van der Waals surface area (Å²) in [5.41, 5.74) is 0.365. The second kappa shape index (κ2) is 5.76. The molecule has 5 nitrogen and oxygen atoms in total. The third-order valence-corrected chi connectivity index (χ3v) is 6.17. The molecule has 0 unspecified atom stereocenters. The lowest BCUT2D eigenvalue weighted by atomic mass is 9.91. The van der Waals surface area contributed by atoms with Crippen LogP contribution in [0.3, 0.4) is 0 Å². The van der Waals surface area contributed by atoms with Gasteiger partial charge < -0.3 is 4.74 Å². The van der Waals surface area contributed by atoms with Crippen molar-refractivity contribution < 1.29 is 13.2 Å². The zero-order valence-corrected chi connectivity index (χ0v) is 12.6. The molecule has 2 aliphatic rings. The predicted octanol–water partition coefficient (Wildman–Crippen LogP) is 1.89. The Bertz CT molecular complexity index is 664. The van der Waals surface area contributed by atoms with Crippen molar-refractivity contribution in [1.29, 1.82) is 5.26 Å². The van der Waals surface area contributed by atoms with Crippen LogP contribution in [0.2, 0.25) is 0 Å². The molecule has 0 radical (unpaired) electrons. The highest BCUT2D eigenvalue weighted by Crippen LogP contribution is 2.32. The number of sulfonamides is 1. The van der Waals surface area contributed by atoms with Crippen LogP contribution in [-0.4, -0.2) is 38.0 Å². The first-order chi connectivity index (χ1) is 10.1. The van der Waals surface area contributed by atoms with E-state index in [2.05, 4.69) is 0 Å². The van der Waals surface area contributed by atoms with Gasteiger partial charge in [-0.3, -0.25) is 0 Å². The Morgan fingerprint density at radius 1 is 1.29 bits per heavy atom. The van der Waals surface area contributed by atoms with Gasteiger partial charge in [0.2, 0.25) is 10.0 Å². The first kappa shape index (κ1) is 14.5. The lowest BCUT2D eigenvalue weighted by molar-refractivity contribution is -0.0586. The van der Waals surface area contributed by atoms with Gasteiger partial charge in [0.25, 0.3) is 0 Å². The summed E-state index contributed by atoms with van der Waals surface area (Å²) in [4.78, 5) is 0.202. The summed E-state index contributed by atoms with van der Waals surface area (Å²) in [6.07, 6.45) is 3.92. The number of rotatable bonds is 2. The highest BCUT2D eigenvalue weighted by Gasteiger charge is 2.40. The molecule has 0 N–H and O–H groups in total. The van der Waals surface area contributed by atoms with Gasteiger partial charge in [-0.15, -0.1) is 0 Å². The summed E-state index contributed by atoms with van der Waals surface area (Å²) in [7, 11) is -3.56. The average Bonchev–Trinajstić information content (AvgIpc) is 2.54. The molecule has 1 aliphatic carbocycles. The highest BCUT2D eigenvalue weighted by molar-refractivity contribution is 7.89. The fraction of sp³-hybridized carbons (Fsp3) is 0.533. The van der Waals surface area contributed by atoms with Crippen LogP contribution in [0.5, 0.6) is 0 Å². The Labute approximate surface area is 125 Å². The Morgan fingerprint density at radius 2 is 2.10 bits per heavy atom. The number of benzene rings is 1. The van der Waals surface area contributed by atoms with Crippen LogP contribution >= 0.6 is 0 Å². The van der Waals surface area contributed by atoms with Crippen LogP contribution in [0.25, 0.3) is 0 Å². The highest BCUT2D eigenvalue weighted by atomic mass is 32.2. The van der Waals surface area contributed by atoms with Crippen LogP contribution in [0.4, 0.5) is 0 Å². The smallest absolute Gasteiger partial charge is 0.243 e. The summed E-state index contributed by atoms with van der Waals surface area (Å²) in [5.74, 6) is 0. The molecule has 1 heterocycles. The molecule has 2 atom stereocenters. The second-order valence-electron chi connectivity index (χ2n) is 5.52. The van der Waals surface area contributed by atoms with E-state index in [4.69, 9.17) is 10.00 Å². The topological polar surface area (TPSA) is 70.4 Å². The van der Waals surface area contributed by atoms with Crippen molar-refractivity contribution in [2.45, 2.75) is 42.7 Å². The van der Waals surface area contributed by atoms with Gasteiger partial charge in [0.05, 0.1) is 35.3 Å². The Kier molecular flexibility index (Phi) is 3.98. The third-order valence-electron chi connectivity index (χ3n) is 4.25. The van der Waals surface area contributed by atoms with Crippen molar-refractivity contribution in [2.24, 2.45) is 0 Å². The van der Waals surface area contributed by atoms with Crippen LogP contribution in [-0.2, 0) is 14.8 Å². The van der Waals surface area contributed by atoms with E-state index in [0.717, 1.165) is 25.7 Å². The normalized spacial score (nSPS) is 26.8. The van der Waals surface area contributed by atoms with Crippen molar-refractivity contribution in [1.82, 2.24) is 4.31 Å². The molecule has 112 valence electrons. The fourth-order valence-corrected chi connectivity index (χ4v) is 4.93. The number of hydrogen-bond acceptors (Lipinski definition) is 4. The zero-order valence-electron chi connectivity index (χ0n) is 11.7. The van der Waals surface area contributed by atoms with Gasteiger partial charge in [0, 0.05) is 6.54 Å². The van der Waals surface area contributed by atoms with Crippen LogP contribution in [0.1, 0.15) is 31.2 Å². The number of morpholine rings is 1. The standard InChI is InChI=1S/C15H18N2O3S/c16-11-12-4-3-5-13(10-12)21(18,19)17-8-9-20-15-7-2-1-6-14(15)17/h3-5,10,14-15H,1-2,6-9H2/t14-,15-/m0/s1. The first-order valence-electron chi connectivity index (χ1n) is 7.26. The fourth-order valence-electron chi connectivity index (χ4n) is 3.22. The predicted molar refractivity (Wildman–Crippen MR) is 77.0 cm³/mol. The van der Waals surface area contributed by atoms with Gasteiger partial charge in [0.15, 0.2) is 0 Å². The molecular weight excluding hydrogens is 288 g/mol. The minimum absolute atomic E-state index is 0.0152. The number of ether oxygens (including phenoxy) is 1. The average molecular weight is 306 g/mol. The number of fused-ring (bicyclic) bond motifs is 1. The van der Waals surface area contributed by atoms with Crippen molar-refractivity contribution in [3.05, 3.63) is 29.8 Å². The minimum atomic E-state index is -3.56. The SMILES string of the molecule is N#Cc1cccc(S(=O)(=O)N2CCO[C@H]3CCCC[C@@H]32)c1. The maximum atomic E-state index is 12.9. The molecule has 1 aliphatic heterocycles. The molecule has 0 aromatic heterocycles. The quantitative estimate of drug-likeness (QED) is 0.836. The molecule has 1 aromatic carbocycles. The Morgan fingerprint density at radius 3 is 2.90 bits per heavy atom. The number of nitrogens with zero attached hydrogens (tertiary/aromatic N) is 2. The molecule has 21 heavy (non-hydrogen) atoms. The van der Waals surface area contributed by atoms with Crippen molar-refractivity contribution in [2.75, 3.05) is 13.2 Å². The molecule has 3 rings (SSSR count). The summed E-state index contributed by atoms with van der Waals surface area (Å²) in [6.45, 7) is 0.832. The summed E-state index contributed by atoms with van der Waals surface area (Å²) < 4.78 is 33.1. The van der Waals surface area contributed by atoms with E-state index in [1.54, 1.807) is 22.5 Å². The molecule has 1 saturated heterocycles. The maximum Gasteiger partial charge on any atom is 0.243 e. The van der Waals surface area contributed by atoms with Gasteiger partial charge in [-0.2, -0.15) is 9.57 Å². The maximum absolute atomic E-state index is 12.9. The summed E-state index contributed by atoms with van der Waals surface area (Å²) in [6, 6.07) is 8.16. The van der Waals surface area contributed by atoms with E-state index < -0.39 is 10.0 Å². The molecule has 1 aromatic rings. The lowest BCUT2D eigenvalue weighted by Gasteiger charge is -2.42. The van der Waals surface area contributed by atoms with Gasteiger partial charge in [0.1, 0.15) is 0 Å². The third kappa shape index (κ3) is 2.69. The van der Waals surface area contributed by atoms with Crippen molar-refractivity contribution in [3.63, 3.8) is 0 Å². The molecule has 0 amide bonds. The van der Waals surface area contributed by atoms with E-state index in [0.29, 0.717) is 18.7 Å². The van der Waals surface area contributed by atoms with Crippen LogP contribution in [0, 0.1) is 11.3 Å². The summed E-state index contributed by atoms with van der Waals surface area (Å²) in [5, 5.41) is 8.95. The lowest BCUT2D eigenvalue weighted by Crippen LogP contribution is -2.54. The van der Waals surface area contributed by atoms with Gasteiger partial charge >= 0.3 is 0 Å². The van der Waals surface area contributed by atoms with Gasteiger partial charge in [-0.05, 0) is 31.0 Å². The minimum Gasteiger partial charge on any atom is -0.375 e. The monoisotopic (exact) mass is 306 g/mol. The van der Waals surface area contributed by atoms with Crippen LogP contribution in [0.15, 0.2) is 29.2 Å². The van der Waals surface area contributed by atoms with Crippen molar-refractivity contribution in [3.8, 4) is 6.07 Å². The molecular formula is C15H18N2O3S. The van der Waals surface area contributed by atoms with E-state index in [-0.39, 0.29) is 17.0 Å². The van der Waals surface area contributed by atoms with Crippen LogP contribution < -0.4 is 0 Å². The Balaban J connectivity index is 1.94. The van der Waals surface area contributed by atoms with E-state index in [1.165, 1.54) is 6.07 Å². The summed E-state index contributed by atoms with van der Waals surface area (Å²) >= 11 is 0. The van der Waals surface area contributed by atoms with Gasteiger partial charge in [-0.1, -0.05) is 18.9 Å². The Hall–Kier alpha value is -1.42. The van der Waals surface area contributed by atoms with Crippen molar-refractivity contribution >= 4 is 10.0 Å². The molecule has 0 spiro atoms. The van der Waals surface area contributed by atoms with Gasteiger partial charge in [-0.25, -0.2) is 8.42 Å². The van der Waals surface area contributed by atoms with E-state index in [1.807, 2.05) is 6.07 Å². The molecule has 6 heteroatoms. The number of nitriles is 1. The zero-order chi connectivity index (χ0) is 14.9. The molecule has 1 saturated carbocycles. The first-order valence-corrected chi connectivity index (χ1v) is 8.70. The van der Waals surface area contributed by atoms with E-state index in [9.17, 15) is 8.42 Å². The number of hydrogen-bond donors (Lipinski definition) is 0. The molecule has 0 bridgehead atoms. The largest absolute Gasteiger partial charge is 0.375 e. The van der Waals surface area contributed by atoms with E-state index >= 15 is 0 Å². The second-order valence-corrected chi connectivity index (χ2v) is 7.41.